The first kappa shape index (κ1) is 11.7. The summed E-state index contributed by atoms with van der Waals surface area (Å²) >= 11 is 0. The number of rotatable bonds is 2. The maximum atomic E-state index is 11.8. The quantitative estimate of drug-likeness (QED) is 0.543. The van der Waals surface area contributed by atoms with Crippen LogP contribution in [0, 0.1) is 10.1 Å². The number of hydrogen-bond donors (Lipinski definition) is 0. The van der Waals surface area contributed by atoms with Crippen molar-refractivity contribution in [2.24, 2.45) is 7.05 Å². The first-order valence-electron chi connectivity index (χ1n) is 4.90. The molecule has 8 nitrogen and oxygen atoms in total. The van der Waals surface area contributed by atoms with Crippen LogP contribution in [0.1, 0.15) is 0 Å². The fraction of sp³-hybridized carbons (Fsp3) is 0.100. The molecule has 0 amide bonds. The highest BCUT2D eigenvalue weighted by atomic mass is 16.6. The molecular weight excluding hydrogens is 240 g/mol. The zero-order valence-corrected chi connectivity index (χ0v) is 9.31. The molecular formula is C10H8N4O4. The zero-order chi connectivity index (χ0) is 13.3. The molecule has 0 aliphatic carbocycles. The predicted octanol–water partition coefficient (Wildman–Crippen LogP) is -0.161. The third kappa shape index (κ3) is 1.79. The van der Waals surface area contributed by atoms with E-state index in [0.717, 1.165) is 10.8 Å². The van der Waals surface area contributed by atoms with Crippen LogP contribution in [0.15, 0.2) is 40.3 Å². The van der Waals surface area contributed by atoms with Crippen LogP contribution >= 0.6 is 0 Å². The number of aromatic nitrogens is 3. The summed E-state index contributed by atoms with van der Waals surface area (Å²) in [6.07, 6.45) is 3.78. The van der Waals surface area contributed by atoms with Gasteiger partial charge in [0, 0.05) is 13.2 Å². The Morgan fingerprint density at radius 1 is 1.39 bits per heavy atom. The van der Waals surface area contributed by atoms with Crippen LogP contribution < -0.4 is 11.2 Å². The topological polar surface area (TPSA) is 100 Å². The summed E-state index contributed by atoms with van der Waals surface area (Å²) in [7, 11) is 1.19. The van der Waals surface area contributed by atoms with Gasteiger partial charge in [0.1, 0.15) is 0 Å². The third-order valence-corrected chi connectivity index (χ3v) is 2.39. The summed E-state index contributed by atoms with van der Waals surface area (Å²) in [4.78, 5) is 37.1. The van der Waals surface area contributed by atoms with Crippen LogP contribution in [0.25, 0.3) is 5.69 Å². The summed E-state index contributed by atoms with van der Waals surface area (Å²) in [5, 5.41) is 10.7. The van der Waals surface area contributed by atoms with E-state index >= 15 is 0 Å². The number of pyridine rings is 1. The van der Waals surface area contributed by atoms with E-state index in [1.54, 1.807) is 12.1 Å². The molecule has 8 heteroatoms. The van der Waals surface area contributed by atoms with Crippen molar-refractivity contribution in [1.29, 1.82) is 0 Å². The minimum atomic E-state index is -0.940. The molecule has 2 heterocycles. The van der Waals surface area contributed by atoms with Crippen molar-refractivity contribution in [3.8, 4) is 5.69 Å². The Bertz CT molecular complexity index is 717. The third-order valence-electron chi connectivity index (χ3n) is 2.39. The first-order valence-corrected chi connectivity index (χ1v) is 4.90. The van der Waals surface area contributed by atoms with E-state index in [1.165, 1.54) is 19.4 Å². The standard InChI is InChI=1S/C10H8N4O4/c1-12-9(15)8(14(17)18)6-13(10(12)16)7-3-2-4-11-5-7/h2-6H,1H3. The van der Waals surface area contributed by atoms with Crippen LogP contribution in [-0.4, -0.2) is 19.0 Å². The van der Waals surface area contributed by atoms with Crippen molar-refractivity contribution in [1.82, 2.24) is 14.1 Å². The van der Waals surface area contributed by atoms with Crippen LogP contribution in [-0.2, 0) is 7.05 Å². The van der Waals surface area contributed by atoms with E-state index in [1.807, 2.05) is 0 Å². The van der Waals surface area contributed by atoms with Crippen molar-refractivity contribution in [3.63, 3.8) is 0 Å². The van der Waals surface area contributed by atoms with E-state index in [9.17, 15) is 19.7 Å². The van der Waals surface area contributed by atoms with Crippen molar-refractivity contribution in [2.75, 3.05) is 0 Å². The smallest absolute Gasteiger partial charge is 0.263 e. The Morgan fingerprint density at radius 3 is 2.67 bits per heavy atom. The van der Waals surface area contributed by atoms with E-state index in [-0.39, 0.29) is 0 Å². The lowest BCUT2D eigenvalue weighted by Gasteiger charge is -2.06. The number of nitro groups is 1. The van der Waals surface area contributed by atoms with Gasteiger partial charge in [-0.3, -0.25) is 29.0 Å². The molecule has 18 heavy (non-hydrogen) atoms. The summed E-state index contributed by atoms with van der Waals surface area (Å²) < 4.78 is 1.69. The summed E-state index contributed by atoms with van der Waals surface area (Å²) in [5.41, 5.74) is -1.93. The van der Waals surface area contributed by atoms with Gasteiger partial charge in [0.25, 0.3) is 0 Å². The molecule has 2 rings (SSSR count). The average Bonchev–Trinajstić information content (AvgIpc) is 2.37. The zero-order valence-electron chi connectivity index (χ0n) is 9.31. The van der Waals surface area contributed by atoms with Crippen LogP contribution in [0.3, 0.4) is 0 Å². The maximum absolute atomic E-state index is 11.8. The maximum Gasteiger partial charge on any atom is 0.350 e. The van der Waals surface area contributed by atoms with Gasteiger partial charge >= 0.3 is 16.9 Å². The molecule has 0 aliphatic heterocycles. The van der Waals surface area contributed by atoms with Gasteiger partial charge in [-0.15, -0.1) is 0 Å². The van der Waals surface area contributed by atoms with E-state index in [0.29, 0.717) is 10.3 Å². The number of nitrogens with zero attached hydrogens (tertiary/aromatic N) is 4. The molecule has 0 bridgehead atoms. The van der Waals surface area contributed by atoms with Gasteiger partial charge in [0.15, 0.2) is 0 Å². The molecule has 0 aliphatic rings. The fourth-order valence-corrected chi connectivity index (χ4v) is 1.46. The van der Waals surface area contributed by atoms with Gasteiger partial charge in [-0.1, -0.05) is 0 Å². The molecule has 0 spiro atoms. The molecule has 2 aromatic heterocycles. The Morgan fingerprint density at radius 2 is 2.11 bits per heavy atom. The fourth-order valence-electron chi connectivity index (χ4n) is 1.46. The van der Waals surface area contributed by atoms with Crippen molar-refractivity contribution < 1.29 is 4.92 Å². The molecule has 0 saturated carbocycles. The molecule has 0 saturated heterocycles. The highest BCUT2D eigenvalue weighted by Gasteiger charge is 2.18. The molecule has 0 radical (unpaired) electrons. The van der Waals surface area contributed by atoms with Gasteiger partial charge in [0.2, 0.25) is 0 Å². The number of hydrogen-bond acceptors (Lipinski definition) is 5. The van der Waals surface area contributed by atoms with Crippen LogP contribution in [0.2, 0.25) is 0 Å². The molecule has 92 valence electrons. The normalized spacial score (nSPS) is 10.3. The average molecular weight is 248 g/mol. The van der Waals surface area contributed by atoms with Crippen molar-refractivity contribution >= 4 is 5.69 Å². The van der Waals surface area contributed by atoms with Gasteiger partial charge < -0.3 is 0 Å². The summed E-state index contributed by atoms with van der Waals surface area (Å²) in [6, 6.07) is 3.14. The van der Waals surface area contributed by atoms with Gasteiger partial charge in [-0.05, 0) is 12.1 Å². The largest absolute Gasteiger partial charge is 0.350 e. The minimum absolute atomic E-state index is 0.348. The van der Waals surface area contributed by atoms with E-state index in [2.05, 4.69) is 4.98 Å². The monoisotopic (exact) mass is 248 g/mol. The second-order valence-electron chi connectivity index (χ2n) is 3.50. The summed E-state index contributed by atoms with van der Waals surface area (Å²) in [5.74, 6) is 0. The summed E-state index contributed by atoms with van der Waals surface area (Å²) in [6.45, 7) is 0. The van der Waals surface area contributed by atoms with E-state index in [4.69, 9.17) is 0 Å². The van der Waals surface area contributed by atoms with Crippen LogP contribution in [0.5, 0.6) is 0 Å². The lowest BCUT2D eigenvalue weighted by molar-refractivity contribution is -0.387. The molecule has 0 aromatic carbocycles. The lowest BCUT2D eigenvalue weighted by atomic mass is 10.4. The van der Waals surface area contributed by atoms with Crippen LogP contribution in [0.4, 0.5) is 5.69 Å². The SMILES string of the molecule is Cn1c(=O)c([N+](=O)[O-])cn(-c2cccnc2)c1=O. The Balaban J connectivity index is 2.82. The molecule has 0 unspecified atom stereocenters. The van der Waals surface area contributed by atoms with Crippen molar-refractivity contribution in [3.05, 3.63) is 61.7 Å². The lowest BCUT2D eigenvalue weighted by Crippen LogP contribution is -2.37. The molecule has 0 N–H and O–H groups in total. The van der Waals surface area contributed by atoms with Gasteiger partial charge in [-0.25, -0.2) is 4.79 Å². The molecule has 0 atom stereocenters. The highest BCUT2D eigenvalue weighted by Crippen LogP contribution is 2.06. The predicted molar refractivity (Wildman–Crippen MR) is 61.7 cm³/mol. The van der Waals surface area contributed by atoms with Gasteiger partial charge in [0.05, 0.1) is 23.0 Å². The van der Waals surface area contributed by atoms with Crippen molar-refractivity contribution in [2.45, 2.75) is 0 Å². The molecule has 2 aromatic rings. The molecule has 0 fully saturated rings. The second-order valence-corrected chi connectivity index (χ2v) is 3.50. The second kappa shape index (κ2) is 4.24. The van der Waals surface area contributed by atoms with E-state index < -0.39 is 21.9 Å². The Kier molecular flexibility index (Phi) is 2.76. The minimum Gasteiger partial charge on any atom is -0.263 e. The Labute approximate surface area is 99.9 Å². The van der Waals surface area contributed by atoms with Gasteiger partial charge in [-0.2, -0.15) is 0 Å². The first-order chi connectivity index (χ1) is 8.52. The highest BCUT2D eigenvalue weighted by molar-refractivity contribution is 5.32. The Hall–Kier alpha value is -2.77.